The summed E-state index contributed by atoms with van der Waals surface area (Å²) >= 11 is 0. The van der Waals surface area contributed by atoms with Gasteiger partial charge in [0.15, 0.2) is 0 Å². The molecular formula is H6B3P. The molecule has 0 amide bonds. The summed E-state index contributed by atoms with van der Waals surface area (Å²) in [6, 6.07) is 0. The van der Waals surface area contributed by atoms with Gasteiger partial charge in [0.2, 0.25) is 0 Å². The third-order valence-electron chi connectivity index (χ3n) is 0.354. The van der Waals surface area contributed by atoms with Crippen molar-refractivity contribution in [2.75, 3.05) is 0 Å². The first-order valence-electron chi connectivity index (χ1n) is 1.56. The van der Waals surface area contributed by atoms with Crippen LogP contribution < -0.4 is 0 Å². The lowest BCUT2D eigenvalue weighted by Gasteiger charge is -1.64. The predicted octanol–water partition coefficient (Wildman–Crippen LogP) is -1.89. The van der Waals surface area contributed by atoms with E-state index < -0.39 is 0 Å². The smallest absolute Gasteiger partial charge is 0.119 e. The molecule has 0 saturated heterocycles. The summed E-state index contributed by atoms with van der Waals surface area (Å²) < 4.78 is 0. The van der Waals surface area contributed by atoms with Gasteiger partial charge in [-0.15, -0.1) is 0 Å². The molecule has 0 spiro atoms. The fraction of sp³-hybridized carbons (Fsp3) is 0. The van der Waals surface area contributed by atoms with Crippen LogP contribution >= 0.6 is 8.34 Å². The molecule has 0 heterocycles. The molecule has 0 radical (unpaired) electrons. The summed E-state index contributed by atoms with van der Waals surface area (Å²) in [5.41, 5.74) is 0. The molecule has 4 heavy (non-hydrogen) atoms. The maximum atomic E-state index is 2.21. The highest BCUT2D eigenvalue weighted by molar-refractivity contribution is 7.95. The predicted molar refractivity (Wildman–Crippen MR) is 32.6 cm³/mol. The van der Waals surface area contributed by atoms with E-state index in [-0.39, 0.29) is 0 Å². The van der Waals surface area contributed by atoms with E-state index >= 15 is 0 Å². The van der Waals surface area contributed by atoms with Crippen LogP contribution in [-0.2, 0) is 0 Å². The summed E-state index contributed by atoms with van der Waals surface area (Å²) in [7, 11) is 5.54. The summed E-state index contributed by atoms with van der Waals surface area (Å²) in [6.07, 6.45) is 0. The zero-order valence-electron chi connectivity index (χ0n) is 3.21. The van der Waals surface area contributed by atoms with Gasteiger partial charge in [-0.05, 0) is 0 Å². The quantitative estimate of drug-likeness (QED) is 0.250. The molecule has 0 aliphatic carbocycles. The molecule has 20 valence electrons. The minimum Gasteiger partial charge on any atom is -0.206 e. The summed E-state index contributed by atoms with van der Waals surface area (Å²) in [5, 5.41) is 0. The fourth-order valence-electron chi connectivity index (χ4n) is 0. The minimum atomic E-state index is 1.14. The number of hydrogen-bond donors (Lipinski definition) is 0. The van der Waals surface area contributed by atoms with Gasteiger partial charge in [-0.2, -0.15) is 0 Å². The average molecular weight is 69.5 g/mol. The van der Waals surface area contributed by atoms with Gasteiger partial charge in [0, 0.05) is 0 Å². The summed E-state index contributed by atoms with van der Waals surface area (Å²) in [5.74, 6) is 0. The van der Waals surface area contributed by atoms with Crippen LogP contribution in [0.25, 0.3) is 0 Å². The molecule has 0 aromatic rings. The monoisotopic (exact) mass is 70.0 g/mol. The van der Waals surface area contributed by atoms with E-state index in [1.807, 2.05) is 0 Å². The summed E-state index contributed by atoms with van der Waals surface area (Å²) in [4.78, 5) is 0. The third-order valence-corrected chi connectivity index (χ3v) is 1.06. The fourth-order valence-corrected chi connectivity index (χ4v) is 0. The Balaban J connectivity index is 1.97. The van der Waals surface area contributed by atoms with Gasteiger partial charge in [-0.25, -0.2) is 8.34 Å². The largest absolute Gasteiger partial charge is 0.206 e. The Kier molecular flexibility index (Phi) is 4.19. The lowest BCUT2D eigenvalue weighted by molar-refractivity contribution is 4.43. The molecule has 0 aromatic heterocycles. The van der Waals surface area contributed by atoms with Gasteiger partial charge >= 0.3 is 0 Å². The molecule has 4 heteroatoms. The Hall–Kier alpha value is 0.625. The van der Waals surface area contributed by atoms with Crippen LogP contribution in [0.1, 0.15) is 0 Å². The molecule has 0 fully saturated rings. The van der Waals surface area contributed by atoms with Crippen molar-refractivity contribution in [3.05, 3.63) is 0 Å². The highest BCUT2D eigenvalue weighted by Gasteiger charge is 1.62. The van der Waals surface area contributed by atoms with Crippen molar-refractivity contribution in [1.29, 1.82) is 0 Å². The van der Waals surface area contributed by atoms with E-state index in [4.69, 9.17) is 0 Å². The van der Waals surface area contributed by atoms with Crippen molar-refractivity contribution in [3.8, 4) is 0 Å². The van der Waals surface area contributed by atoms with Crippen LogP contribution in [-0.4, -0.2) is 22.2 Å². The zero-order chi connectivity index (χ0) is 3.41. The lowest BCUT2D eigenvalue weighted by Crippen LogP contribution is -1.70. The average Bonchev–Trinajstić information content (AvgIpc) is 1.37. The second-order valence-corrected chi connectivity index (χ2v) is 2.12. The molecule has 0 rings (SSSR count). The Morgan fingerprint density at radius 2 is 2.00 bits per heavy atom. The van der Waals surface area contributed by atoms with E-state index in [9.17, 15) is 0 Å². The van der Waals surface area contributed by atoms with Crippen LogP contribution in [0.5, 0.6) is 0 Å². The molecule has 0 aliphatic rings. The topological polar surface area (TPSA) is 0 Å². The van der Waals surface area contributed by atoms with Crippen LogP contribution in [0.3, 0.4) is 0 Å². The van der Waals surface area contributed by atoms with E-state index in [1.165, 1.54) is 6.89 Å². The molecule has 0 aromatic carbocycles. The van der Waals surface area contributed by atoms with Crippen molar-refractivity contribution < 1.29 is 0 Å². The third kappa shape index (κ3) is 2.62. The van der Waals surface area contributed by atoms with E-state index in [1.54, 1.807) is 0 Å². The van der Waals surface area contributed by atoms with Crippen molar-refractivity contribution >= 4 is 30.5 Å². The van der Waals surface area contributed by atoms with Gasteiger partial charge in [-0.3, -0.25) is 0 Å². The molecular weight excluding hydrogens is 63.4 g/mol. The molecule has 0 nitrogen and oxygen atoms in total. The Morgan fingerprint density at radius 1 is 1.75 bits per heavy atom. The van der Waals surface area contributed by atoms with Gasteiger partial charge in [0.1, 0.15) is 7.57 Å². The van der Waals surface area contributed by atoms with Crippen LogP contribution in [0.2, 0.25) is 0 Å². The van der Waals surface area contributed by atoms with E-state index in [0.717, 1.165) is 8.34 Å². The van der Waals surface area contributed by atoms with Crippen molar-refractivity contribution in [2.45, 2.75) is 0 Å². The zero-order valence-corrected chi connectivity index (χ0v) is 4.21. The highest BCUT2D eigenvalue weighted by atomic mass is 31.1. The minimum absolute atomic E-state index is 1.14. The van der Waals surface area contributed by atoms with Gasteiger partial charge in [0.25, 0.3) is 0 Å². The van der Waals surface area contributed by atoms with Crippen molar-refractivity contribution in [1.82, 2.24) is 0 Å². The van der Waals surface area contributed by atoms with E-state index in [2.05, 4.69) is 15.3 Å². The maximum Gasteiger partial charge on any atom is 0.119 e. The van der Waals surface area contributed by atoms with Crippen molar-refractivity contribution in [3.63, 3.8) is 0 Å². The van der Waals surface area contributed by atoms with Gasteiger partial charge in [-0.1, -0.05) is 0 Å². The molecule has 1 unspecified atom stereocenters. The molecule has 0 bridgehead atoms. The van der Waals surface area contributed by atoms with Gasteiger partial charge in [0.05, 0.1) is 14.6 Å². The first kappa shape index (κ1) is 4.62. The Bertz CT molecular complexity index is 5.25. The number of hydrogen-bond acceptors (Lipinski definition) is 0. The van der Waals surface area contributed by atoms with E-state index in [0.29, 0.717) is 0 Å². The molecule has 1 atom stereocenters. The van der Waals surface area contributed by atoms with Crippen LogP contribution in [0, 0.1) is 0 Å². The molecule has 0 saturated carbocycles. The molecule has 0 N–H and O–H groups in total. The van der Waals surface area contributed by atoms with Crippen LogP contribution in [0.15, 0.2) is 0 Å². The SMILES string of the molecule is BBPB. The standard InChI is InChI=1S/B3H6P/c1-3-4-2/h3-4H,1-2H2. The second kappa shape index (κ2) is 3.62. The van der Waals surface area contributed by atoms with Crippen molar-refractivity contribution in [2.24, 2.45) is 0 Å². The Morgan fingerprint density at radius 3 is 2.00 bits per heavy atom. The summed E-state index contributed by atoms with van der Waals surface area (Å²) in [6.45, 7) is 1.35. The molecule has 0 aliphatic heterocycles. The first-order chi connectivity index (χ1) is 1.91. The highest BCUT2D eigenvalue weighted by Crippen LogP contribution is 1.86. The first-order valence-corrected chi connectivity index (χ1v) is 3.27. The lowest BCUT2D eigenvalue weighted by atomic mass is 9.79. The number of rotatable bonds is 1. The maximum absolute atomic E-state index is 2.21. The van der Waals surface area contributed by atoms with Gasteiger partial charge < -0.3 is 0 Å². The second-order valence-electron chi connectivity index (χ2n) is 0.707. The Labute approximate surface area is 31.5 Å². The van der Waals surface area contributed by atoms with Crippen LogP contribution in [0.4, 0.5) is 0 Å². The normalized spacial score (nSPS) is 9.00.